The summed E-state index contributed by atoms with van der Waals surface area (Å²) in [5.41, 5.74) is 1.79. The Hall–Kier alpha value is -0.910. The van der Waals surface area contributed by atoms with E-state index in [-0.39, 0.29) is 0 Å². The zero-order valence-corrected chi connectivity index (χ0v) is 11.7. The lowest BCUT2D eigenvalue weighted by molar-refractivity contribution is 0.257. The molecule has 18 heavy (non-hydrogen) atoms. The third-order valence-electron chi connectivity index (χ3n) is 3.19. The van der Waals surface area contributed by atoms with Gasteiger partial charge < -0.3 is 9.73 Å². The second-order valence-corrected chi connectivity index (χ2v) is 5.52. The van der Waals surface area contributed by atoms with Crippen molar-refractivity contribution in [2.75, 3.05) is 26.2 Å². The SMILES string of the molecule is Brc1ccc2oc(CN3CCCNCC3)nc2c1. The van der Waals surface area contributed by atoms with E-state index in [9.17, 15) is 0 Å². The maximum atomic E-state index is 5.77. The summed E-state index contributed by atoms with van der Waals surface area (Å²) in [4.78, 5) is 6.93. The highest BCUT2D eigenvalue weighted by molar-refractivity contribution is 9.10. The molecule has 3 rings (SSSR count). The van der Waals surface area contributed by atoms with E-state index in [2.05, 4.69) is 31.1 Å². The molecule has 0 unspecified atom stereocenters. The molecular formula is C13H16BrN3O. The predicted molar refractivity (Wildman–Crippen MR) is 74.5 cm³/mol. The van der Waals surface area contributed by atoms with Crippen LogP contribution in [0.4, 0.5) is 0 Å². The Kier molecular flexibility index (Phi) is 3.63. The quantitative estimate of drug-likeness (QED) is 0.925. The number of nitrogens with zero attached hydrogens (tertiary/aromatic N) is 2. The molecule has 0 spiro atoms. The minimum absolute atomic E-state index is 0.800. The molecular weight excluding hydrogens is 294 g/mol. The fraction of sp³-hybridized carbons (Fsp3) is 0.462. The van der Waals surface area contributed by atoms with Gasteiger partial charge in [-0.1, -0.05) is 15.9 Å². The van der Waals surface area contributed by atoms with Crippen molar-refractivity contribution in [3.05, 3.63) is 28.6 Å². The molecule has 1 aromatic heterocycles. The molecule has 2 heterocycles. The lowest BCUT2D eigenvalue weighted by Crippen LogP contribution is -2.27. The minimum Gasteiger partial charge on any atom is -0.439 e. The minimum atomic E-state index is 0.800. The molecule has 5 heteroatoms. The topological polar surface area (TPSA) is 41.3 Å². The molecule has 1 saturated heterocycles. The highest BCUT2D eigenvalue weighted by atomic mass is 79.9. The Bertz CT molecular complexity index is 532. The van der Waals surface area contributed by atoms with Crippen LogP contribution < -0.4 is 5.32 Å². The molecule has 0 bridgehead atoms. The second-order valence-electron chi connectivity index (χ2n) is 4.60. The molecule has 0 atom stereocenters. The van der Waals surface area contributed by atoms with Crippen LogP contribution in [0, 0.1) is 0 Å². The lowest BCUT2D eigenvalue weighted by atomic mass is 10.3. The van der Waals surface area contributed by atoms with E-state index in [1.807, 2.05) is 18.2 Å². The summed E-state index contributed by atoms with van der Waals surface area (Å²) >= 11 is 3.45. The van der Waals surface area contributed by atoms with Gasteiger partial charge in [0.1, 0.15) is 5.52 Å². The Morgan fingerprint density at radius 2 is 2.28 bits per heavy atom. The monoisotopic (exact) mass is 309 g/mol. The predicted octanol–water partition coefficient (Wildman–Crippen LogP) is 2.39. The van der Waals surface area contributed by atoms with Crippen LogP contribution in [0.1, 0.15) is 12.3 Å². The Morgan fingerprint density at radius 3 is 3.22 bits per heavy atom. The standard InChI is InChI=1S/C13H16BrN3O/c14-10-2-3-12-11(8-10)16-13(18-12)9-17-6-1-4-15-5-7-17/h2-3,8,15H,1,4-7,9H2. The van der Waals surface area contributed by atoms with Crippen molar-refractivity contribution in [3.63, 3.8) is 0 Å². The molecule has 0 saturated carbocycles. The Balaban J connectivity index is 1.77. The summed E-state index contributed by atoms with van der Waals surface area (Å²) < 4.78 is 6.81. The highest BCUT2D eigenvalue weighted by Gasteiger charge is 2.13. The number of benzene rings is 1. The van der Waals surface area contributed by atoms with Gasteiger partial charge in [0.2, 0.25) is 5.89 Å². The third-order valence-corrected chi connectivity index (χ3v) is 3.68. The number of halogens is 1. The van der Waals surface area contributed by atoms with Crippen LogP contribution in [-0.2, 0) is 6.54 Å². The number of rotatable bonds is 2. The fourth-order valence-corrected chi connectivity index (χ4v) is 2.62. The first-order valence-electron chi connectivity index (χ1n) is 6.29. The van der Waals surface area contributed by atoms with Gasteiger partial charge in [0.15, 0.2) is 5.58 Å². The van der Waals surface area contributed by atoms with E-state index in [0.29, 0.717) is 0 Å². The van der Waals surface area contributed by atoms with Gasteiger partial charge >= 0.3 is 0 Å². The molecule has 2 aromatic rings. The normalized spacial score (nSPS) is 18.1. The zero-order chi connectivity index (χ0) is 12.4. The first kappa shape index (κ1) is 12.1. The lowest BCUT2D eigenvalue weighted by Gasteiger charge is -2.16. The number of oxazole rings is 1. The molecule has 1 N–H and O–H groups in total. The van der Waals surface area contributed by atoms with E-state index >= 15 is 0 Å². The molecule has 1 aromatic carbocycles. The first-order chi connectivity index (χ1) is 8.81. The Labute approximate surface area is 114 Å². The van der Waals surface area contributed by atoms with Crippen molar-refractivity contribution in [1.29, 1.82) is 0 Å². The van der Waals surface area contributed by atoms with Gasteiger partial charge in [0.25, 0.3) is 0 Å². The van der Waals surface area contributed by atoms with Gasteiger partial charge in [-0.15, -0.1) is 0 Å². The second kappa shape index (κ2) is 5.38. The van der Waals surface area contributed by atoms with Crippen LogP contribution in [-0.4, -0.2) is 36.1 Å². The summed E-state index contributed by atoms with van der Waals surface area (Å²) in [6, 6.07) is 5.93. The van der Waals surface area contributed by atoms with Gasteiger partial charge in [0, 0.05) is 17.6 Å². The van der Waals surface area contributed by atoms with Crippen molar-refractivity contribution in [2.45, 2.75) is 13.0 Å². The number of hydrogen-bond donors (Lipinski definition) is 1. The van der Waals surface area contributed by atoms with Crippen LogP contribution in [0.5, 0.6) is 0 Å². The summed E-state index contributed by atoms with van der Waals surface area (Å²) in [6.07, 6.45) is 1.19. The van der Waals surface area contributed by atoms with E-state index in [0.717, 1.165) is 54.2 Å². The molecule has 0 radical (unpaired) electrons. The van der Waals surface area contributed by atoms with Crippen molar-refractivity contribution >= 4 is 27.0 Å². The molecule has 0 amide bonds. The number of aromatic nitrogens is 1. The summed E-state index contributed by atoms with van der Waals surface area (Å²) in [6.45, 7) is 5.12. The van der Waals surface area contributed by atoms with Crippen molar-refractivity contribution < 1.29 is 4.42 Å². The maximum Gasteiger partial charge on any atom is 0.209 e. The maximum absolute atomic E-state index is 5.77. The van der Waals surface area contributed by atoms with E-state index < -0.39 is 0 Å². The van der Waals surface area contributed by atoms with Gasteiger partial charge in [-0.2, -0.15) is 0 Å². The molecule has 1 aliphatic rings. The van der Waals surface area contributed by atoms with Crippen LogP contribution in [0.15, 0.2) is 27.1 Å². The summed E-state index contributed by atoms with van der Waals surface area (Å²) in [5, 5.41) is 3.40. The molecule has 1 fully saturated rings. The summed E-state index contributed by atoms with van der Waals surface area (Å²) in [5.74, 6) is 0.810. The van der Waals surface area contributed by atoms with Crippen LogP contribution in [0.3, 0.4) is 0 Å². The van der Waals surface area contributed by atoms with Gasteiger partial charge in [-0.25, -0.2) is 4.98 Å². The van der Waals surface area contributed by atoms with Crippen LogP contribution in [0.2, 0.25) is 0 Å². The smallest absolute Gasteiger partial charge is 0.209 e. The molecule has 0 aliphatic carbocycles. The van der Waals surface area contributed by atoms with Crippen LogP contribution in [0.25, 0.3) is 11.1 Å². The number of fused-ring (bicyclic) bond motifs is 1. The van der Waals surface area contributed by atoms with E-state index in [1.54, 1.807) is 0 Å². The number of hydrogen-bond acceptors (Lipinski definition) is 4. The largest absolute Gasteiger partial charge is 0.439 e. The van der Waals surface area contributed by atoms with Crippen molar-refractivity contribution in [1.82, 2.24) is 15.2 Å². The Morgan fingerprint density at radius 1 is 1.33 bits per heavy atom. The zero-order valence-electron chi connectivity index (χ0n) is 10.2. The average Bonchev–Trinajstić information content (AvgIpc) is 2.57. The third kappa shape index (κ3) is 2.74. The van der Waals surface area contributed by atoms with E-state index in [4.69, 9.17) is 4.42 Å². The highest BCUT2D eigenvalue weighted by Crippen LogP contribution is 2.21. The first-order valence-corrected chi connectivity index (χ1v) is 7.08. The van der Waals surface area contributed by atoms with Gasteiger partial charge in [0.05, 0.1) is 6.54 Å². The van der Waals surface area contributed by atoms with Crippen LogP contribution >= 0.6 is 15.9 Å². The van der Waals surface area contributed by atoms with Gasteiger partial charge in [-0.05, 0) is 37.7 Å². The fourth-order valence-electron chi connectivity index (χ4n) is 2.27. The van der Waals surface area contributed by atoms with Gasteiger partial charge in [-0.3, -0.25) is 4.90 Å². The summed E-state index contributed by atoms with van der Waals surface area (Å²) in [7, 11) is 0. The van der Waals surface area contributed by atoms with Crippen molar-refractivity contribution in [2.24, 2.45) is 0 Å². The van der Waals surface area contributed by atoms with E-state index in [1.165, 1.54) is 6.42 Å². The van der Waals surface area contributed by atoms with Crippen molar-refractivity contribution in [3.8, 4) is 0 Å². The number of nitrogens with one attached hydrogen (secondary N) is 1. The average molecular weight is 310 g/mol. The molecule has 1 aliphatic heterocycles. The molecule has 4 nitrogen and oxygen atoms in total. The molecule has 96 valence electrons.